The molecule has 7 aromatic carbocycles. The Labute approximate surface area is 429 Å². The van der Waals surface area contributed by atoms with E-state index < -0.39 is 0 Å². The van der Waals surface area contributed by atoms with Crippen LogP contribution in [0.4, 0.5) is 11.4 Å². The van der Waals surface area contributed by atoms with E-state index in [1.165, 1.54) is 27.8 Å². The molecule has 0 amide bonds. The number of ether oxygens (including phenoxy) is 1. The largest absolute Gasteiger partial charge is 0.509 e. The van der Waals surface area contributed by atoms with Gasteiger partial charge < -0.3 is 19.1 Å². The smallest absolute Gasteiger partial charge is 0.135 e. The van der Waals surface area contributed by atoms with Gasteiger partial charge in [0.1, 0.15) is 5.82 Å². The van der Waals surface area contributed by atoms with Crippen LogP contribution in [-0.4, -0.2) is 9.55 Å². The van der Waals surface area contributed by atoms with E-state index in [1.807, 2.05) is 12.3 Å². The summed E-state index contributed by atoms with van der Waals surface area (Å²) in [5.41, 5.74) is 12.6. The summed E-state index contributed by atoms with van der Waals surface area (Å²) in [6.07, 6.45) is 4.20. The fourth-order valence-corrected chi connectivity index (χ4v) is 9.61. The van der Waals surface area contributed by atoms with Crippen LogP contribution in [-0.2, 0) is 42.7 Å². The number of hydrogen-bond acceptors (Lipinski definition) is 4. The van der Waals surface area contributed by atoms with E-state index in [4.69, 9.17) is 9.72 Å². The van der Waals surface area contributed by atoms with Crippen LogP contribution in [0.5, 0.6) is 11.5 Å². The third kappa shape index (κ3) is 9.25. The molecule has 6 heteroatoms. The third-order valence-electron chi connectivity index (χ3n) is 14.0. The van der Waals surface area contributed by atoms with E-state index in [2.05, 4.69) is 272 Å². The number of fused-ring (bicyclic) bond motifs is 3. The molecular weight excluding hydrogens is 1040 g/mol. The monoisotopic (exact) mass is 1100 g/mol. The van der Waals surface area contributed by atoms with Crippen molar-refractivity contribution in [1.29, 1.82) is 0 Å². The molecule has 356 valence electrons. The normalized spacial score (nSPS) is 13.4. The van der Waals surface area contributed by atoms with Gasteiger partial charge in [-0.2, -0.15) is 6.07 Å². The van der Waals surface area contributed by atoms with Gasteiger partial charge in [0.05, 0.1) is 0 Å². The van der Waals surface area contributed by atoms with Crippen molar-refractivity contribution >= 4 is 33.2 Å². The van der Waals surface area contributed by atoms with Crippen LogP contribution in [0.3, 0.4) is 0 Å². The second-order valence-electron chi connectivity index (χ2n) is 21.6. The molecular formula is C64H61N4OPt-3. The molecule has 0 saturated heterocycles. The zero-order valence-electron chi connectivity index (χ0n) is 41.9. The molecule has 5 nitrogen and oxygen atoms in total. The molecule has 9 aromatic rings. The van der Waals surface area contributed by atoms with Crippen molar-refractivity contribution in [2.75, 3.05) is 9.80 Å². The summed E-state index contributed by atoms with van der Waals surface area (Å²) in [5, 5.41) is 2.23. The quantitative estimate of drug-likeness (QED) is 0.128. The molecule has 0 radical (unpaired) electrons. The van der Waals surface area contributed by atoms with Crippen molar-refractivity contribution < 1.29 is 25.8 Å². The minimum absolute atomic E-state index is 0. The second-order valence-corrected chi connectivity index (χ2v) is 21.6. The number of allylic oxidation sites excluding steroid dienone is 1. The number of hydrogen-bond donors (Lipinski definition) is 0. The van der Waals surface area contributed by atoms with E-state index in [1.54, 1.807) is 0 Å². The Kier molecular flexibility index (Phi) is 12.8. The van der Waals surface area contributed by atoms with Crippen molar-refractivity contribution in [3.05, 3.63) is 235 Å². The Morgan fingerprint density at radius 3 is 1.80 bits per heavy atom. The first-order valence-corrected chi connectivity index (χ1v) is 24.1. The SMILES string of the molecule is CC(C)(C)c1cccc(N2C=C(C(C)(C)c3ccccc3)N(c3[c-]c(Oc4[c-]c5c(cc4)c4cc(C(C)(C)C)ccc4n5-c4cc(C(C)(C)c5ccccc5)ccn4)cc(-c4ccccc4)c3)[CH-]2)c1.[Pt]. The minimum atomic E-state index is -0.382. The van der Waals surface area contributed by atoms with Gasteiger partial charge in [-0.15, -0.1) is 53.6 Å². The van der Waals surface area contributed by atoms with Crippen molar-refractivity contribution in [1.82, 2.24) is 9.55 Å². The van der Waals surface area contributed by atoms with Crippen LogP contribution in [0.15, 0.2) is 188 Å². The molecule has 0 fully saturated rings. The van der Waals surface area contributed by atoms with Crippen LogP contribution in [0.25, 0.3) is 38.8 Å². The number of benzene rings is 7. The molecule has 10 rings (SSSR count). The first-order valence-electron chi connectivity index (χ1n) is 24.1. The standard InChI is InChI=1S/C64H61N4O.Pt/c1-61(2,3)48-27-20-28-51(37-48)66-42-59(64(9,10)47-25-18-13-19-26-47)67(43-66)52-35-45(44-21-14-11-15-22-44)36-54(40-52)69-53-30-31-55-56-38-49(62(4,5)6)29-32-57(56)68(58(55)41-53)60-39-50(33-34-65-60)63(7,8)46-23-16-12-17-24-46;/h11-39,42-43H,1-10H3;/q-3;. The predicted molar refractivity (Wildman–Crippen MR) is 287 cm³/mol. The molecule has 0 N–H and O–H groups in total. The number of nitrogens with zero attached hydrogens (tertiary/aromatic N) is 4. The molecule has 0 saturated carbocycles. The van der Waals surface area contributed by atoms with Crippen LogP contribution in [0.1, 0.15) is 97.1 Å². The fourth-order valence-electron chi connectivity index (χ4n) is 9.61. The van der Waals surface area contributed by atoms with Gasteiger partial charge in [-0.05, 0) is 86.1 Å². The third-order valence-corrected chi connectivity index (χ3v) is 14.0. The first-order chi connectivity index (χ1) is 32.9. The van der Waals surface area contributed by atoms with Gasteiger partial charge in [0.2, 0.25) is 0 Å². The van der Waals surface area contributed by atoms with Crippen molar-refractivity contribution in [2.45, 2.75) is 90.9 Å². The Morgan fingerprint density at radius 2 is 1.13 bits per heavy atom. The van der Waals surface area contributed by atoms with Gasteiger partial charge >= 0.3 is 0 Å². The fraction of sp³-hybridized carbons (Fsp3) is 0.219. The maximum absolute atomic E-state index is 7.00. The Bertz CT molecular complexity index is 3360. The van der Waals surface area contributed by atoms with Gasteiger partial charge in [0.15, 0.2) is 0 Å². The molecule has 0 bridgehead atoms. The molecule has 3 heterocycles. The molecule has 2 aromatic heterocycles. The van der Waals surface area contributed by atoms with Gasteiger partial charge in [0, 0.05) is 66.5 Å². The molecule has 1 aliphatic heterocycles. The van der Waals surface area contributed by atoms with Crippen LogP contribution < -0.4 is 14.5 Å². The Hall–Kier alpha value is -6.68. The summed E-state index contributed by atoms with van der Waals surface area (Å²) in [6, 6.07) is 68.0. The van der Waals surface area contributed by atoms with Crippen molar-refractivity contribution in [3.8, 4) is 28.4 Å². The summed E-state index contributed by atoms with van der Waals surface area (Å²) in [7, 11) is 0. The zero-order chi connectivity index (χ0) is 48.3. The Balaban J connectivity index is 0.00000608. The van der Waals surface area contributed by atoms with Crippen LogP contribution in [0, 0.1) is 18.8 Å². The van der Waals surface area contributed by atoms with E-state index in [0.717, 1.165) is 55.8 Å². The molecule has 70 heavy (non-hydrogen) atoms. The summed E-state index contributed by atoms with van der Waals surface area (Å²) < 4.78 is 9.25. The van der Waals surface area contributed by atoms with Gasteiger partial charge in [-0.3, -0.25) is 0 Å². The second kappa shape index (κ2) is 18.6. The van der Waals surface area contributed by atoms with E-state index in [9.17, 15) is 0 Å². The van der Waals surface area contributed by atoms with Gasteiger partial charge in [-0.1, -0.05) is 190 Å². The molecule has 1 aliphatic rings. The molecule has 0 spiro atoms. The summed E-state index contributed by atoms with van der Waals surface area (Å²) in [6.45, 7) is 24.9. The zero-order valence-corrected chi connectivity index (χ0v) is 44.2. The summed E-state index contributed by atoms with van der Waals surface area (Å²) in [4.78, 5) is 9.57. The molecule has 0 atom stereocenters. The predicted octanol–water partition coefficient (Wildman–Crippen LogP) is 16.4. The van der Waals surface area contributed by atoms with Gasteiger partial charge in [-0.25, -0.2) is 4.98 Å². The average molecular weight is 1100 g/mol. The maximum Gasteiger partial charge on any atom is 0.135 e. The number of anilines is 2. The maximum atomic E-state index is 7.00. The number of pyridine rings is 1. The van der Waals surface area contributed by atoms with Crippen molar-refractivity contribution in [2.24, 2.45) is 0 Å². The molecule has 0 unspecified atom stereocenters. The van der Waals surface area contributed by atoms with Crippen LogP contribution in [0.2, 0.25) is 0 Å². The van der Waals surface area contributed by atoms with Gasteiger partial charge in [0.25, 0.3) is 0 Å². The average Bonchev–Trinajstić information content (AvgIpc) is 3.95. The molecule has 0 aliphatic carbocycles. The number of aromatic nitrogens is 2. The topological polar surface area (TPSA) is 33.5 Å². The Morgan fingerprint density at radius 1 is 0.500 bits per heavy atom. The first kappa shape index (κ1) is 48.3. The number of rotatable bonds is 10. The summed E-state index contributed by atoms with van der Waals surface area (Å²) >= 11 is 0. The minimum Gasteiger partial charge on any atom is -0.509 e. The summed E-state index contributed by atoms with van der Waals surface area (Å²) in [5.74, 6) is 2.00. The van der Waals surface area contributed by atoms with Crippen molar-refractivity contribution in [3.63, 3.8) is 0 Å². The van der Waals surface area contributed by atoms with E-state index in [-0.39, 0.29) is 42.7 Å². The van der Waals surface area contributed by atoms with E-state index >= 15 is 0 Å². The van der Waals surface area contributed by atoms with E-state index in [0.29, 0.717) is 11.5 Å². The van der Waals surface area contributed by atoms with Crippen LogP contribution >= 0.6 is 0 Å².